The molecule has 0 saturated carbocycles. The van der Waals surface area contributed by atoms with Crippen molar-refractivity contribution in [1.29, 1.82) is 0 Å². The summed E-state index contributed by atoms with van der Waals surface area (Å²) in [6.07, 6.45) is 1.75. The summed E-state index contributed by atoms with van der Waals surface area (Å²) in [5.41, 5.74) is 0.615. The summed E-state index contributed by atoms with van der Waals surface area (Å²) in [4.78, 5) is 28.0. The number of fused-ring (bicyclic) bond motifs is 1. The normalized spacial score (nSPS) is 23.0. The molecule has 11 heteroatoms. The molecule has 1 saturated heterocycles. The summed E-state index contributed by atoms with van der Waals surface area (Å²) in [5.74, 6) is -0.740. The largest absolute Gasteiger partial charge is 0.486 e. The van der Waals surface area contributed by atoms with Crippen molar-refractivity contribution < 1.29 is 32.6 Å². The van der Waals surface area contributed by atoms with Crippen LogP contribution in [0.5, 0.6) is 5.75 Å². The molecule has 0 spiro atoms. The number of amides is 2. The zero-order chi connectivity index (χ0) is 25.0. The highest BCUT2D eigenvalue weighted by Gasteiger charge is 2.35. The Morgan fingerprint density at radius 2 is 2.00 bits per heavy atom. The molecule has 2 heterocycles. The second-order valence-electron chi connectivity index (χ2n) is 9.22. The van der Waals surface area contributed by atoms with Gasteiger partial charge in [-0.15, -0.1) is 0 Å². The van der Waals surface area contributed by atoms with E-state index in [1.807, 2.05) is 6.92 Å². The van der Waals surface area contributed by atoms with Crippen LogP contribution in [0.4, 0.5) is 5.69 Å². The lowest BCUT2D eigenvalue weighted by Gasteiger charge is -2.38. The summed E-state index contributed by atoms with van der Waals surface area (Å²) in [7, 11) is -1.99. The molecule has 2 amide bonds. The molecule has 1 fully saturated rings. The van der Waals surface area contributed by atoms with Gasteiger partial charge in [0.1, 0.15) is 6.10 Å². The predicted molar refractivity (Wildman–Crippen MR) is 127 cm³/mol. The first-order chi connectivity index (χ1) is 16.0. The quantitative estimate of drug-likeness (QED) is 0.579. The van der Waals surface area contributed by atoms with Crippen LogP contribution in [-0.4, -0.2) is 92.9 Å². The van der Waals surface area contributed by atoms with E-state index in [0.29, 0.717) is 31.7 Å². The van der Waals surface area contributed by atoms with Gasteiger partial charge >= 0.3 is 0 Å². The van der Waals surface area contributed by atoms with Crippen LogP contribution in [0.1, 0.15) is 37.0 Å². The van der Waals surface area contributed by atoms with Crippen LogP contribution in [0, 0.1) is 11.8 Å². The molecule has 0 aromatic heterocycles. The third-order valence-corrected chi connectivity index (χ3v) is 7.83. The highest BCUT2D eigenvalue weighted by atomic mass is 32.2. The first-order valence-corrected chi connectivity index (χ1v) is 13.4. The van der Waals surface area contributed by atoms with Gasteiger partial charge in [0.2, 0.25) is 15.9 Å². The fraction of sp³-hybridized carbons (Fsp3) is 0.652. The molecule has 0 aliphatic carbocycles. The number of nitrogens with zero attached hydrogens (tertiary/aromatic N) is 2. The number of sulfonamides is 1. The van der Waals surface area contributed by atoms with Crippen molar-refractivity contribution in [2.45, 2.75) is 38.8 Å². The molecule has 2 aliphatic rings. The van der Waals surface area contributed by atoms with Crippen LogP contribution in [0.3, 0.4) is 0 Å². The lowest BCUT2D eigenvalue weighted by Crippen LogP contribution is -2.50. The number of ether oxygens (including phenoxy) is 2. The minimum Gasteiger partial charge on any atom is -0.486 e. The maximum Gasteiger partial charge on any atom is 0.258 e. The molecule has 10 nitrogen and oxygen atoms in total. The van der Waals surface area contributed by atoms with Gasteiger partial charge in [-0.3, -0.25) is 9.59 Å². The second-order valence-corrected chi connectivity index (χ2v) is 11.3. The van der Waals surface area contributed by atoms with Crippen molar-refractivity contribution in [3.05, 3.63) is 23.8 Å². The Bertz CT molecular complexity index is 994. The first-order valence-electron chi connectivity index (χ1n) is 11.5. The fourth-order valence-electron chi connectivity index (χ4n) is 4.14. The van der Waals surface area contributed by atoms with Crippen molar-refractivity contribution >= 4 is 27.5 Å². The molecule has 2 aliphatic heterocycles. The number of hydrogen-bond acceptors (Lipinski definition) is 7. The lowest BCUT2D eigenvalue weighted by molar-refractivity contribution is -0.122. The Kier molecular flexibility index (Phi) is 8.56. The summed E-state index contributed by atoms with van der Waals surface area (Å²) < 4.78 is 37.0. The number of aliphatic hydroxyl groups is 1. The van der Waals surface area contributed by atoms with Gasteiger partial charge in [-0.1, -0.05) is 13.0 Å². The zero-order valence-corrected chi connectivity index (χ0v) is 21.0. The van der Waals surface area contributed by atoms with Gasteiger partial charge in [0.15, 0.2) is 5.75 Å². The van der Waals surface area contributed by atoms with Gasteiger partial charge in [-0.2, -0.15) is 0 Å². The molecule has 0 radical (unpaired) electrons. The van der Waals surface area contributed by atoms with Gasteiger partial charge in [-0.25, -0.2) is 12.7 Å². The Labute approximate surface area is 201 Å². The number of carbonyl (C=O) groups excluding carboxylic acids is 2. The number of para-hydroxylation sites is 1. The number of anilines is 1. The molecule has 0 unspecified atom stereocenters. The molecule has 34 heavy (non-hydrogen) atoms. The monoisotopic (exact) mass is 497 g/mol. The minimum atomic E-state index is -3.46. The van der Waals surface area contributed by atoms with Crippen molar-refractivity contribution in [2.75, 3.05) is 51.5 Å². The number of aliphatic hydroxyl groups excluding tert-OH is 1. The molecular formula is C23H35N3O7S. The Morgan fingerprint density at radius 1 is 1.32 bits per heavy atom. The molecule has 190 valence electrons. The van der Waals surface area contributed by atoms with E-state index in [1.165, 1.54) is 11.4 Å². The number of carbonyl (C=O) groups is 2. The number of likely N-dealkylation sites (N-methyl/N-ethyl adjacent to an activating group) is 1. The average molecular weight is 498 g/mol. The molecule has 1 aromatic rings. The van der Waals surface area contributed by atoms with Crippen LogP contribution in [0.25, 0.3) is 0 Å². The van der Waals surface area contributed by atoms with Gasteiger partial charge < -0.3 is 24.8 Å². The summed E-state index contributed by atoms with van der Waals surface area (Å²) >= 11 is 0. The van der Waals surface area contributed by atoms with E-state index < -0.39 is 22.2 Å². The Hall–Kier alpha value is -2.21. The van der Waals surface area contributed by atoms with Gasteiger partial charge in [0.05, 0.1) is 36.7 Å². The maximum absolute atomic E-state index is 13.5. The Morgan fingerprint density at radius 3 is 2.62 bits per heavy atom. The van der Waals surface area contributed by atoms with Crippen LogP contribution in [-0.2, 0) is 19.6 Å². The van der Waals surface area contributed by atoms with E-state index in [9.17, 15) is 23.1 Å². The van der Waals surface area contributed by atoms with Gasteiger partial charge in [-0.05, 0) is 31.9 Å². The van der Waals surface area contributed by atoms with E-state index in [-0.39, 0.29) is 54.7 Å². The number of nitrogens with one attached hydrogen (secondary N) is 1. The first kappa shape index (κ1) is 26.4. The third-order valence-electron chi connectivity index (χ3n) is 6.54. The van der Waals surface area contributed by atoms with Crippen LogP contribution in [0.2, 0.25) is 0 Å². The van der Waals surface area contributed by atoms with Crippen LogP contribution in [0.15, 0.2) is 18.2 Å². The molecular weight excluding hydrogens is 462 g/mol. The van der Waals surface area contributed by atoms with Gasteiger partial charge in [0, 0.05) is 38.6 Å². The fourth-order valence-corrected chi connectivity index (χ4v) is 4.56. The van der Waals surface area contributed by atoms with Crippen molar-refractivity contribution in [3.63, 3.8) is 0 Å². The number of benzene rings is 1. The number of hydrogen-bond donors (Lipinski definition) is 2. The summed E-state index contributed by atoms with van der Waals surface area (Å²) in [6, 6.07) is 4.51. The Balaban J connectivity index is 2.00. The average Bonchev–Trinajstić information content (AvgIpc) is 2.81. The van der Waals surface area contributed by atoms with E-state index in [1.54, 1.807) is 30.0 Å². The highest BCUT2D eigenvalue weighted by molar-refractivity contribution is 7.88. The maximum atomic E-state index is 13.5. The van der Waals surface area contributed by atoms with Crippen molar-refractivity contribution in [3.8, 4) is 5.75 Å². The van der Waals surface area contributed by atoms with Crippen molar-refractivity contribution in [2.24, 2.45) is 11.8 Å². The SMILES string of the molecule is C[C@H]1CN([C@@H](C)CO)C(=O)c2cccc(NC(=O)C3CCOCC3)c2O[C@@H]1CN(C)S(C)(=O)=O. The van der Waals surface area contributed by atoms with Crippen molar-refractivity contribution in [1.82, 2.24) is 9.21 Å². The highest BCUT2D eigenvalue weighted by Crippen LogP contribution is 2.35. The van der Waals surface area contributed by atoms with E-state index in [0.717, 1.165) is 6.26 Å². The molecule has 2 N–H and O–H groups in total. The minimum absolute atomic E-state index is 0.0667. The third kappa shape index (κ3) is 6.07. The molecule has 0 bridgehead atoms. The van der Waals surface area contributed by atoms with E-state index in [4.69, 9.17) is 9.47 Å². The summed E-state index contributed by atoms with van der Waals surface area (Å²) in [5, 5.41) is 12.7. The standard InChI is InChI=1S/C23H35N3O7S/c1-15-12-26(16(2)14-27)23(29)18-6-5-7-19(24-22(28)17-8-10-32-11-9-17)21(18)33-20(15)13-25(3)34(4,30)31/h5-7,15-17,20,27H,8-14H2,1-4H3,(H,24,28)/t15-,16-,20+/m0/s1. The molecule has 1 aromatic carbocycles. The van der Waals surface area contributed by atoms with E-state index >= 15 is 0 Å². The number of rotatable bonds is 7. The zero-order valence-electron chi connectivity index (χ0n) is 20.2. The second kappa shape index (κ2) is 11.0. The van der Waals surface area contributed by atoms with Crippen LogP contribution >= 0.6 is 0 Å². The summed E-state index contributed by atoms with van der Waals surface area (Å²) in [6.45, 7) is 4.79. The topological polar surface area (TPSA) is 125 Å². The van der Waals surface area contributed by atoms with Crippen LogP contribution < -0.4 is 10.1 Å². The van der Waals surface area contributed by atoms with Gasteiger partial charge in [0.25, 0.3) is 5.91 Å². The predicted octanol–water partition coefficient (Wildman–Crippen LogP) is 1.16. The molecule has 3 rings (SSSR count). The smallest absolute Gasteiger partial charge is 0.258 e. The molecule has 3 atom stereocenters. The van der Waals surface area contributed by atoms with E-state index in [2.05, 4.69) is 5.32 Å². The lowest BCUT2D eigenvalue weighted by atomic mass is 9.98.